The molecule has 2 nitrogen and oxygen atoms in total. The average molecular weight is 301 g/mol. The maximum atomic E-state index is 13.0. The number of benzene rings is 1. The molecule has 0 spiro atoms. The van der Waals surface area contributed by atoms with E-state index in [2.05, 4.69) is 21.2 Å². The van der Waals surface area contributed by atoms with Gasteiger partial charge in [-0.15, -0.1) is 11.3 Å². The minimum atomic E-state index is -0.263. The normalized spacial score (nSPS) is 10.4. The van der Waals surface area contributed by atoms with Crippen LogP contribution in [-0.4, -0.2) is 0 Å². The first-order chi connectivity index (χ1) is 7.66. The quantitative estimate of drug-likeness (QED) is 0.904. The molecule has 16 heavy (non-hydrogen) atoms. The summed E-state index contributed by atoms with van der Waals surface area (Å²) >= 11 is 4.75. The maximum absolute atomic E-state index is 13.0. The van der Waals surface area contributed by atoms with Crippen LogP contribution in [0.3, 0.4) is 0 Å². The van der Waals surface area contributed by atoms with Crippen LogP contribution >= 0.6 is 27.3 Å². The summed E-state index contributed by atoms with van der Waals surface area (Å²) in [6, 6.07) is 6.70. The lowest BCUT2D eigenvalue weighted by Gasteiger charge is -2.06. The second-order valence-electron chi connectivity index (χ2n) is 3.28. The standard InChI is InChI=1S/C11H10BrFN2S/c12-8-5-7(1-2-9(8)13)15-6-11-10(14)3-4-16-11/h1-5,15H,6,14H2. The van der Waals surface area contributed by atoms with Gasteiger partial charge in [-0.3, -0.25) is 0 Å². The highest BCUT2D eigenvalue weighted by atomic mass is 79.9. The second kappa shape index (κ2) is 4.84. The molecule has 0 saturated heterocycles. The lowest BCUT2D eigenvalue weighted by atomic mass is 10.3. The molecule has 1 aromatic heterocycles. The van der Waals surface area contributed by atoms with Crippen molar-refractivity contribution in [2.24, 2.45) is 0 Å². The lowest BCUT2D eigenvalue weighted by Crippen LogP contribution is -2.00. The molecule has 0 amide bonds. The number of halogens is 2. The fourth-order valence-corrected chi connectivity index (χ4v) is 2.40. The number of hydrogen-bond acceptors (Lipinski definition) is 3. The van der Waals surface area contributed by atoms with Crippen molar-refractivity contribution in [3.8, 4) is 0 Å². The average Bonchev–Trinajstić information content (AvgIpc) is 2.66. The van der Waals surface area contributed by atoms with Gasteiger partial charge in [0.05, 0.1) is 11.0 Å². The lowest BCUT2D eigenvalue weighted by molar-refractivity contribution is 0.621. The number of nitrogen functional groups attached to an aromatic ring is 1. The predicted octanol–water partition coefficient (Wildman–Crippen LogP) is 3.84. The van der Waals surface area contributed by atoms with Gasteiger partial charge in [-0.1, -0.05) is 0 Å². The Balaban J connectivity index is 2.05. The summed E-state index contributed by atoms with van der Waals surface area (Å²) in [6.07, 6.45) is 0. The van der Waals surface area contributed by atoms with E-state index in [0.717, 1.165) is 16.3 Å². The van der Waals surface area contributed by atoms with Gasteiger partial charge in [-0.25, -0.2) is 4.39 Å². The number of rotatable bonds is 3. The van der Waals surface area contributed by atoms with Crippen molar-refractivity contribution < 1.29 is 4.39 Å². The fourth-order valence-electron chi connectivity index (χ4n) is 1.28. The van der Waals surface area contributed by atoms with Crippen molar-refractivity contribution in [2.75, 3.05) is 11.1 Å². The van der Waals surface area contributed by atoms with E-state index in [9.17, 15) is 4.39 Å². The summed E-state index contributed by atoms with van der Waals surface area (Å²) in [4.78, 5) is 1.08. The Morgan fingerprint density at radius 1 is 1.38 bits per heavy atom. The van der Waals surface area contributed by atoms with Crippen molar-refractivity contribution in [1.29, 1.82) is 0 Å². The monoisotopic (exact) mass is 300 g/mol. The molecule has 2 aromatic rings. The molecule has 0 aliphatic heterocycles. The molecule has 0 aliphatic rings. The number of anilines is 2. The molecular weight excluding hydrogens is 291 g/mol. The summed E-state index contributed by atoms with van der Waals surface area (Å²) in [7, 11) is 0. The molecule has 1 aromatic carbocycles. The third-order valence-corrected chi connectivity index (χ3v) is 3.70. The summed E-state index contributed by atoms with van der Waals surface area (Å²) in [6.45, 7) is 0.654. The van der Waals surface area contributed by atoms with Gasteiger partial charge in [0, 0.05) is 16.3 Å². The summed E-state index contributed by atoms with van der Waals surface area (Å²) in [5.74, 6) is -0.263. The smallest absolute Gasteiger partial charge is 0.137 e. The van der Waals surface area contributed by atoms with E-state index >= 15 is 0 Å². The van der Waals surface area contributed by atoms with Crippen molar-refractivity contribution in [3.05, 3.63) is 44.8 Å². The third-order valence-electron chi connectivity index (χ3n) is 2.15. The molecule has 0 atom stereocenters. The molecule has 0 bridgehead atoms. The minimum absolute atomic E-state index is 0.263. The maximum Gasteiger partial charge on any atom is 0.137 e. The Bertz CT molecular complexity index is 498. The Morgan fingerprint density at radius 3 is 2.81 bits per heavy atom. The van der Waals surface area contributed by atoms with Crippen LogP contribution in [0.4, 0.5) is 15.8 Å². The van der Waals surface area contributed by atoms with Crippen LogP contribution in [0, 0.1) is 5.82 Å². The summed E-state index contributed by atoms with van der Waals surface area (Å²) in [5.41, 5.74) is 7.41. The molecule has 3 N–H and O–H groups in total. The van der Waals surface area contributed by atoms with E-state index < -0.39 is 0 Å². The summed E-state index contributed by atoms with van der Waals surface area (Å²) in [5, 5.41) is 5.14. The summed E-state index contributed by atoms with van der Waals surface area (Å²) < 4.78 is 13.4. The van der Waals surface area contributed by atoms with Gasteiger partial charge >= 0.3 is 0 Å². The highest BCUT2D eigenvalue weighted by Gasteiger charge is 2.02. The van der Waals surface area contributed by atoms with Crippen LogP contribution < -0.4 is 11.1 Å². The molecule has 0 radical (unpaired) electrons. The zero-order valence-corrected chi connectivity index (χ0v) is 10.7. The second-order valence-corrected chi connectivity index (χ2v) is 5.14. The highest BCUT2D eigenvalue weighted by molar-refractivity contribution is 9.10. The third kappa shape index (κ3) is 2.54. The van der Waals surface area contributed by atoms with Crippen LogP contribution in [0.5, 0.6) is 0 Å². The van der Waals surface area contributed by atoms with Crippen LogP contribution in [0.25, 0.3) is 0 Å². The first-order valence-electron chi connectivity index (χ1n) is 4.67. The van der Waals surface area contributed by atoms with E-state index in [1.54, 1.807) is 23.5 Å². The number of nitrogens with one attached hydrogen (secondary N) is 1. The highest BCUT2D eigenvalue weighted by Crippen LogP contribution is 2.23. The van der Waals surface area contributed by atoms with Gasteiger partial charge in [-0.05, 0) is 45.6 Å². The van der Waals surface area contributed by atoms with Crippen molar-refractivity contribution >= 4 is 38.6 Å². The molecule has 5 heteroatoms. The van der Waals surface area contributed by atoms with E-state index in [1.165, 1.54) is 6.07 Å². The largest absolute Gasteiger partial charge is 0.398 e. The molecule has 1 heterocycles. The molecule has 84 valence electrons. The van der Waals surface area contributed by atoms with Gasteiger partial charge in [0.1, 0.15) is 5.82 Å². The molecule has 0 unspecified atom stereocenters. The Hall–Kier alpha value is -1.07. The zero-order chi connectivity index (χ0) is 11.5. The van der Waals surface area contributed by atoms with Gasteiger partial charge in [-0.2, -0.15) is 0 Å². The van der Waals surface area contributed by atoms with Crippen molar-refractivity contribution in [2.45, 2.75) is 6.54 Å². The van der Waals surface area contributed by atoms with Gasteiger partial charge < -0.3 is 11.1 Å². The van der Waals surface area contributed by atoms with E-state index in [4.69, 9.17) is 5.73 Å². The molecule has 2 rings (SSSR count). The Labute approximate surface area is 105 Å². The van der Waals surface area contributed by atoms with Crippen LogP contribution in [0.1, 0.15) is 4.88 Å². The van der Waals surface area contributed by atoms with Gasteiger partial charge in [0.2, 0.25) is 0 Å². The molecule has 0 saturated carbocycles. The first kappa shape index (κ1) is 11.4. The zero-order valence-electron chi connectivity index (χ0n) is 8.34. The predicted molar refractivity (Wildman–Crippen MR) is 70.2 cm³/mol. The topological polar surface area (TPSA) is 38.0 Å². The van der Waals surface area contributed by atoms with Gasteiger partial charge in [0.25, 0.3) is 0 Å². The number of thiophene rings is 1. The van der Waals surface area contributed by atoms with Crippen LogP contribution in [0.15, 0.2) is 34.1 Å². The van der Waals surface area contributed by atoms with Crippen molar-refractivity contribution in [1.82, 2.24) is 0 Å². The number of nitrogens with two attached hydrogens (primary N) is 1. The van der Waals surface area contributed by atoms with Crippen molar-refractivity contribution in [3.63, 3.8) is 0 Å². The number of hydrogen-bond donors (Lipinski definition) is 2. The van der Waals surface area contributed by atoms with E-state index in [-0.39, 0.29) is 5.82 Å². The van der Waals surface area contributed by atoms with Gasteiger partial charge in [0.15, 0.2) is 0 Å². The van der Waals surface area contributed by atoms with E-state index in [1.807, 2.05) is 11.4 Å². The van der Waals surface area contributed by atoms with Crippen LogP contribution in [0.2, 0.25) is 0 Å². The fraction of sp³-hybridized carbons (Fsp3) is 0.0909. The minimum Gasteiger partial charge on any atom is -0.398 e. The SMILES string of the molecule is Nc1ccsc1CNc1ccc(F)c(Br)c1. The molecule has 0 fully saturated rings. The molecule has 0 aliphatic carbocycles. The molecular formula is C11H10BrFN2S. The first-order valence-corrected chi connectivity index (χ1v) is 6.35. The van der Waals surface area contributed by atoms with Crippen LogP contribution in [-0.2, 0) is 6.54 Å². The Kier molecular flexibility index (Phi) is 3.46. The van der Waals surface area contributed by atoms with E-state index in [0.29, 0.717) is 11.0 Å². The Morgan fingerprint density at radius 2 is 2.19 bits per heavy atom.